The number of hydrogen-bond acceptors (Lipinski definition) is 1. The van der Waals surface area contributed by atoms with Gasteiger partial charge in [-0.05, 0) is 71.0 Å². The number of nitrogens with zero attached hydrogens (tertiary/aromatic N) is 3. The number of para-hydroxylation sites is 5. The van der Waals surface area contributed by atoms with Crippen molar-refractivity contribution >= 4 is 83.8 Å². The van der Waals surface area contributed by atoms with Gasteiger partial charge in [-0.15, -0.1) is 0 Å². The summed E-state index contributed by atoms with van der Waals surface area (Å²) in [5.74, 6) is 0. The number of aromatic nitrogens is 2. The van der Waals surface area contributed by atoms with Crippen molar-refractivity contribution in [3.8, 4) is 11.4 Å². The molecule has 0 unspecified atom stereocenters. The third-order valence-corrected chi connectivity index (χ3v) is 10.3. The molecule has 4 heterocycles. The van der Waals surface area contributed by atoms with Gasteiger partial charge >= 0.3 is 0 Å². The summed E-state index contributed by atoms with van der Waals surface area (Å²) in [6.45, 7) is 0.119. The van der Waals surface area contributed by atoms with Crippen molar-refractivity contribution in [2.24, 2.45) is 0 Å². The molecule has 2 aromatic heterocycles. The average molecular weight is 584 g/mol. The quantitative estimate of drug-likeness (QED) is 0.186. The van der Waals surface area contributed by atoms with E-state index in [0.717, 1.165) is 5.69 Å². The first-order valence-corrected chi connectivity index (χ1v) is 16.0. The Morgan fingerprint density at radius 3 is 1.70 bits per heavy atom. The van der Waals surface area contributed by atoms with Crippen molar-refractivity contribution in [2.75, 3.05) is 4.90 Å². The van der Waals surface area contributed by atoms with Crippen LogP contribution in [0.15, 0.2) is 158 Å². The van der Waals surface area contributed by atoms with Crippen LogP contribution in [0.4, 0.5) is 17.1 Å². The zero-order chi connectivity index (χ0) is 29.9. The highest BCUT2D eigenvalue weighted by Gasteiger charge is 2.41. The lowest BCUT2D eigenvalue weighted by Crippen LogP contribution is -2.60. The van der Waals surface area contributed by atoms with Crippen LogP contribution in [0, 0.1) is 0 Å². The van der Waals surface area contributed by atoms with E-state index < -0.39 is 0 Å². The summed E-state index contributed by atoms with van der Waals surface area (Å²) in [5.41, 5.74) is 15.2. The SMILES string of the molecule is c1ccc(N2c3cc(-n4c5ccccc5c5ccccc54)ccc3B3c4c2cccc4-n2c4ccccc4c4cccc3c42)cc1. The predicted molar refractivity (Wildman–Crippen MR) is 194 cm³/mol. The Bertz CT molecular complexity index is 2660. The van der Waals surface area contributed by atoms with E-state index in [0.29, 0.717) is 0 Å². The maximum atomic E-state index is 2.51. The first-order chi connectivity index (χ1) is 22.9. The minimum absolute atomic E-state index is 0.119. The van der Waals surface area contributed by atoms with Gasteiger partial charge in [-0.2, -0.15) is 0 Å². The number of benzene rings is 7. The second-order valence-electron chi connectivity index (χ2n) is 12.5. The molecule has 0 atom stereocenters. The lowest BCUT2D eigenvalue weighted by Gasteiger charge is -2.40. The van der Waals surface area contributed by atoms with Gasteiger partial charge in [-0.1, -0.05) is 103 Å². The highest BCUT2D eigenvalue weighted by atomic mass is 15.2. The van der Waals surface area contributed by atoms with Gasteiger partial charge in [0.15, 0.2) is 0 Å². The fraction of sp³-hybridized carbons (Fsp3) is 0. The fourth-order valence-corrected chi connectivity index (χ4v) is 8.53. The molecule has 0 radical (unpaired) electrons. The van der Waals surface area contributed by atoms with Crippen LogP contribution in [0.2, 0.25) is 0 Å². The van der Waals surface area contributed by atoms with E-state index in [1.165, 1.54) is 82.7 Å². The summed E-state index contributed by atoms with van der Waals surface area (Å²) >= 11 is 0. The lowest BCUT2D eigenvalue weighted by molar-refractivity contribution is 1.16. The maximum absolute atomic E-state index is 2.51. The normalized spacial score (nSPS) is 13.1. The zero-order valence-corrected chi connectivity index (χ0v) is 24.9. The van der Waals surface area contributed by atoms with Gasteiger partial charge < -0.3 is 14.0 Å². The minimum Gasteiger partial charge on any atom is -0.311 e. The number of fused-ring (bicyclic) bond motifs is 10. The summed E-state index contributed by atoms with van der Waals surface area (Å²) in [7, 11) is 0. The van der Waals surface area contributed by atoms with Crippen LogP contribution in [0.1, 0.15) is 0 Å². The number of anilines is 3. The van der Waals surface area contributed by atoms with Crippen LogP contribution in [0.5, 0.6) is 0 Å². The highest BCUT2D eigenvalue weighted by Crippen LogP contribution is 2.42. The Morgan fingerprint density at radius 2 is 0.957 bits per heavy atom. The van der Waals surface area contributed by atoms with E-state index in [1.54, 1.807) is 0 Å². The molecule has 212 valence electrons. The molecule has 0 bridgehead atoms. The first kappa shape index (κ1) is 24.3. The summed E-state index contributed by atoms with van der Waals surface area (Å²) < 4.78 is 4.94. The second-order valence-corrected chi connectivity index (χ2v) is 12.5. The van der Waals surface area contributed by atoms with Crippen molar-refractivity contribution in [2.45, 2.75) is 0 Å². The second kappa shape index (κ2) is 8.80. The van der Waals surface area contributed by atoms with Gasteiger partial charge in [0.2, 0.25) is 0 Å². The molecule has 0 N–H and O–H groups in total. The molecular formula is C42H26BN3. The van der Waals surface area contributed by atoms with Gasteiger partial charge in [-0.3, -0.25) is 0 Å². The molecule has 3 nitrogen and oxygen atoms in total. The van der Waals surface area contributed by atoms with Gasteiger partial charge in [-0.25, -0.2) is 0 Å². The smallest absolute Gasteiger partial charge is 0.252 e. The Labute approximate surface area is 266 Å². The van der Waals surface area contributed by atoms with Crippen molar-refractivity contribution in [1.82, 2.24) is 9.13 Å². The van der Waals surface area contributed by atoms with Crippen LogP contribution in [0.3, 0.4) is 0 Å². The predicted octanol–water partition coefficient (Wildman–Crippen LogP) is 8.49. The molecule has 0 fully saturated rings. The van der Waals surface area contributed by atoms with Gasteiger partial charge in [0.1, 0.15) is 0 Å². The van der Waals surface area contributed by atoms with Crippen LogP contribution in [-0.4, -0.2) is 15.8 Å². The van der Waals surface area contributed by atoms with E-state index in [-0.39, 0.29) is 6.71 Å². The maximum Gasteiger partial charge on any atom is 0.252 e. The number of hydrogen-bond donors (Lipinski definition) is 0. The zero-order valence-electron chi connectivity index (χ0n) is 24.9. The van der Waals surface area contributed by atoms with Crippen LogP contribution >= 0.6 is 0 Å². The Kier molecular flexibility index (Phi) is 4.66. The molecule has 4 heteroatoms. The van der Waals surface area contributed by atoms with E-state index in [1.807, 2.05) is 0 Å². The van der Waals surface area contributed by atoms with Gasteiger partial charge in [0, 0.05) is 55.5 Å². The van der Waals surface area contributed by atoms with E-state index >= 15 is 0 Å². The topological polar surface area (TPSA) is 13.1 Å². The van der Waals surface area contributed by atoms with E-state index in [4.69, 9.17) is 0 Å². The molecule has 2 aliphatic rings. The van der Waals surface area contributed by atoms with Gasteiger partial charge in [0.05, 0.1) is 16.6 Å². The largest absolute Gasteiger partial charge is 0.311 e. The summed E-state index contributed by atoms with van der Waals surface area (Å²) in [6, 6.07) is 58.1. The van der Waals surface area contributed by atoms with Crippen molar-refractivity contribution < 1.29 is 0 Å². The molecule has 0 saturated carbocycles. The molecule has 0 amide bonds. The molecular weight excluding hydrogens is 557 g/mol. The fourth-order valence-electron chi connectivity index (χ4n) is 8.53. The van der Waals surface area contributed by atoms with Crippen molar-refractivity contribution in [3.05, 3.63) is 158 Å². The van der Waals surface area contributed by atoms with Crippen LogP contribution in [0.25, 0.3) is 55.0 Å². The number of rotatable bonds is 2. The minimum atomic E-state index is 0.119. The summed E-state index contributed by atoms with van der Waals surface area (Å²) in [5, 5.41) is 5.17. The standard InChI is InChI=1S/C42H26BN3/c1-2-12-27(13-3-1)44-38-22-11-23-39-41(38)43(34-18-10-17-32-31-16-6-9-21-37(31)46(39)42(32)34)33-25-24-28(26-40(33)44)45-35-19-7-4-14-29(35)30-15-5-8-20-36(30)45/h1-26H. The molecule has 0 spiro atoms. The summed E-state index contributed by atoms with van der Waals surface area (Å²) in [4.78, 5) is 2.48. The van der Waals surface area contributed by atoms with Gasteiger partial charge in [0.25, 0.3) is 6.71 Å². The molecule has 2 aliphatic heterocycles. The monoisotopic (exact) mass is 583 g/mol. The molecule has 11 rings (SSSR count). The van der Waals surface area contributed by atoms with E-state index in [2.05, 4.69) is 172 Å². The molecule has 9 aromatic rings. The van der Waals surface area contributed by atoms with Crippen molar-refractivity contribution in [1.29, 1.82) is 0 Å². The molecule has 7 aromatic carbocycles. The average Bonchev–Trinajstić information content (AvgIpc) is 3.64. The molecule has 0 saturated heterocycles. The van der Waals surface area contributed by atoms with Crippen LogP contribution < -0.4 is 21.3 Å². The lowest BCUT2D eigenvalue weighted by atomic mass is 9.34. The Balaban J connectivity index is 1.26. The van der Waals surface area contributed by atoms with E-state index in [9.17, 15) is 0 Å². The summed E-state index contributed by atoms with van der Waals surface area (Å²) in [6.07, 6.45) is 0. The third-order valence-electron chi connectivity index (χ3n) is 10.3. The Morgan fingerprint density at radius 1 is 0.370 bits per heavy atom. The first-order valence-electron chi connectivity index (χ1n) is 16.0. The highest BCUT2D eigenvalue weighted by molar-refractivity contribution is 7.00. The molecule has 46 heavy (non-hydrogen) atoms. The Hall–Kier alpha value is -6.00. The molecule has 0 aliphatic carbocycles. The van der Waals surface area contributed by atoms with Crippen LogP contribution in [-0.2, 0) is 0 Å². The third kappa shape index (κ3) is 2.99. The van der Waals surface area contributed by atoms with Crippen molar-refractivity contribution in [3.63, 3.8) is 0 Å².